The van der Waals surface area contributed by atoms with E-state index < -0.39 is 26.9 Å². The summed E-state index contributed by atoms with van der Waals surface area (Å²) in [5.74, 6) is 0.286. The molecule has 0 amide bonds. The third-order valence-corrected chi connectivity index (χ3v) is 6.06. The van der Waals surface area contributed by atoms with Crippen LogP contribution in [0.3, 0.4) is 0 Å². The third kappa shape index (κ3) is 4.29. The molecule has 0 aliphatic rings. The zero-order valence-electron chi connectivity index (χ0n) is 14.8. The van der Waals surface area contributed by atoms with Gasteiger partial charge < -0.3 is 4.57 Å². The zero-order valence-corrected chi connectivity index (χ0v) is 16.4. The van der Waals surface area contributed by atoms with Crippen LogP contribution in [-0.4, -0.2) is 20.3 Å². The second-order valence-corrected chi connectivity index (χ2v) is 9.83. The van der Waals surface area contributed by atoms with Crippen LogP contribution < -0.4 is 0 Å². The van der Waals surface area contributed by atoms with Crippen molar-refractivity contribution in [1.82, 2.24) is 14.5 Å². The predicted octanol–water partition coefficient (Wildman–Crippen LogP) is 7.42. The summed E-state index contributed by atoms with van der Waals surface area (Å²) in [5.41, 5.74) is -1.01. The number of halogens is 8. The Bertz CT molecular complexity index is 1100. The molecule has 3 aromatic rings. The van der Waals surface area contributed by atoms with Crippen molar-refractivity contribution in [2.24, 2.45) is 7.05 Å². The molecule has 1 aromatic carbocycles. The molecule has 0 N–H and O–H groups in total. The standard InChI is InChI=1S/C16H13F8N3S2/c1-3-28-13-7-10(29(20,21,22,23)24)4-5-11(13)14-26-12-6-9(16(17,18)19)8-25-15(12)27(14)2/h4-8H,3H2,1-2H3. The number of imidazole rings is 1. The van der Waals surface area contributed by atoms with E-state index in [1.54, 1.807) is 6.92 Å². The Balaban J connectivity index is 2.22. The van der Waals surface area contributed by atoms with Crippen molar-refractivity contribution in [3.8, 4) is 11.4 Å². The minimum Gasteiger partial charge on any atom is -0.312 e. The van der Waals surface area contributed by atoms with Crippen LogP contribution in [0.5, 0.6) is 0 Å². The maximum atomic E-state index is 13.2. The molecule has 13 heteroatoms. The Hall–Kier alpha value is -2.02. The van der Waals surface area contributed by atoms with E-state index in [1.165, 1.54) is 11.6 Å². The van der Waals surface area contributed by atoms with Gasteiger partial charge in [-0.05, 0) is 30.0 Å². The number of hydrogen-bond acceptors (Lipinski definition) is 3. The van der Waals surface area contributed by atoms with Crippen LogP contribution in [0.2, 0.25) is 0 Å². The van der Waals surface area contributed by atoms with Crippen molar-refractivity contribution < 1.29 is 32.6 Å². The van der Waals surface area contributed by atoms with Crippen molar-refractivity contribution in [2.75, 3.05) is 5.75 Å². The predicted molar refractivity (Wildman–Crippen MR) is 96.7 cm³/mol. The number of hydrogen-bond donors (Lipinski definition) is 0. The number of pyridine rings is 1. The minimum atomic E-state index is -9.89. The molecule has 29 heavy (non-hydrogen) atoms. The van der Waals surface area contributed by atoms with Gasteiger partial charge in [-0.1, -0.05) is 26.4 Å². The summed E-state index contributed by atoms with van der Waals surface area (Å²) >= 11 is 0.882. The lowest BCUT2D eigenvalue weighted by molar-refractivity contribution is -0.137. The molecular formula is C16H13F8N3S2. The summed E-state index contributed by atoms with van der Waals surface area (Å²) < 4.78 is 106. The average molecular weight is 463 g/mol. The fourth-order valence-corrected chi connectivity index (χ4v) is 4.25. The van der Waals surface area contributed by atoms with Gasteiger partial charge in [-0.15, -0.1) is 11.8 Å². The number of rotatable bonds is 4. The van der Waals surface area contributed by atoms with Gasteiger partial charge in [0, 0.05) is 23.7 Å². The summed E-state index contributed by atoms with van der Waals surface area (Å²) in [5, 5.41) is 0. The third-order valence-electron chi connectivity index (χ3n) is 3.98. The van der Waals surface area contributed by atoms with Gasteiger partial charge in [0.2, 0.25) is 0 Å². The highest BCUT2D eigenvalue weighted by Crippen LogP contribution is 3.02. The van der Waals surface area contributed by atoms with E-state index in [1.807, 2.05) is 0 Å². The number of aromatic nitrogens is 3. The van der Waals surface area contributed by atoms with Crippen molar-refractivity contribution in [1.29, 1.82) is 0 Å². The van der Waals surface area contributed by atoms with Crippen molar-refractivity contribution in [3.63, 3.8) is 0 Å². The summed E-state index contributed by atoms with van der Waals surface area (Å²) in [4.78, 5) is 5.62. The number of fused-ring (bicyclic) bond motifs is 1. The number of aryl methyl sites for hydroxylation is 1. The molecule has 3 rings (SSSR count). The lowest BCUT2D eigenvalue weighted by atomic mass is 10.2. The zero-order chi connectivity index (χ0) is 21.9. The van der Waals surface area contributed by atoms with Crippen LogP contribution in [-0.2, 0) is 13.2 Å². The van der Waals surface area contributed by atoms with E-state index >= 15 is 0 Å². The normalized spacial score (nSPS) is 15.4. The topological polar surface area (TPSA) is 30.7 Å². The van der Waals surface area contributed by atoms with E-state index in [-0.39, 0.29) is 39.3 Å². The van der Waals surface area contributed by atoms with Crippen LogP contribution in [0.25, 0.3) is 22.6 Å². The SMILES string of the molecule is CCSc1cc(S(F)(F)(F)(F)F)ccc1-c1nc2cc(C(F)(F)F)cnc2n1C. The molecule has 0 fully saturated rings. The summed E-state index contributed by atoms with van der Waals surface area (Å²) in [6.07, 6.45) is -4.03. The molecule has 0 aliphatic carbocycles. The van der Waals surface area contributed by atoms with E-state index in [0.717, 1.165) is 23.9 Å². The highest BCUT2D eigenvalue weighted by molar-refractivity contribution is 8.45. The maximum absolute atomic E-state index is 13.2. The lowest BCUT2D eigenvalue weighted by Gasteiger charge is -2.40. The number of benzene rings is 1. The summed E-state index contributed by atoms with van der Waals surface area (Å²) in [6.45, 7) is 1.62. The number of nitrogens with zero attached hydrogens (tertiary/aromatic N) is 3. The Labute approximate surface area is 163 Å². The van der Waals surface area contributed by atoms with Gasteiger partial charge in [-0.3, -0.25) is 0 Å². The molecule has 0 saturated heterocycles. The molecule has 2 heterocycles. The Morgan fingerprint density at radius 3 is 2.28 bits per heavy atom. The first-order chi connectivity index (χ1) is 13.0. The first-order valence-electron chi connectivity index (χ1n) is 7.92. The molecule has 2 aromatic heterocycles. The first kappa shape index (κ1) is 21.7. The summed E-state index contributed by atoms with van der Waals surface area (Å²) in [7, 11) is -8.47. The first-order valence-corrected chi connectivity index (χ1v) is 10.9. The van der Waals surface area contributed by atoms with Gasteiger partial charge in [0.05, 0.1) is 5.56 Å². The van der Waals surface area contributed by atoms with Crippen LogP contribution in [0.4, 0.5) is 32.6 Å². The molecular weight excluding hydrogens is 450 g/mol. The monoisotopic (exact) mass is 463 g/mol. The molecule has 0 aliphatic heterocycles. The highest BCUT2D eigenvalue weighted by atomic mass is 32.5. The Morgan fingerprint density at radius 2 is 1.72 bits per heavy atom. The average Bonchev–Trinajstić information content (AvgIpc) is 2.88. The number of thioether (sulfide) groups is 1. The number of alkyl halides is 3. The minimum absolute atomic E-state index is 0.0106. The Kier molecular flexibility index (Phi) is 4.49. The molecule has 3 nitrogen and oxygen atoms in total. The molecule has 0 spiro atoms. The molecule has 0 bridgehead atoms. The largest absolute Gasteiger partial charge is 0.417 e. The van der Waals surface area contributed by atoms with Gasteiger partial charge in [0.15, 0.2) is 5.65 Å². The lowest BCUT2D eigenvalue weighted by Crippen LogP contribution is -2.06. The Morgan fingerprint density at radius 1 is 1.07 bits per heavy atom. The van der Waals surface area contributed by atoms with E-state index in [0.29, 0.717) is 12.3 Å². The maximum Gasteiger partial charge on any atom is 0.417 e. The second kappa shape index (κ2) is 6.00. The highest BCUT2D eigenvalue weighted by Gasteiger charge is 2.65. The smallest absolute Gasteiger partial charge is 0.312 e. The van der Waals surface area contributed by atoms with E-state index in [4.69, 9.17) is 0 Å². The molecule has 0 unspecified atom stereocenters. The molecule has 0 saturated carbocycles. The van der Waals surface area contributed by atoms with E-state index in [9.17, 15) is 32.6 Å². The van der Waals surface area contributed by atoms with Gasteiger partial charge in [-0.25, -0.2) is 9.97 Å². The van der Waals surface area contributed by atoms with Gasteiger partial charge in [-0.2, -0.15) is 13.2 Å². The van der Waals surface area contributed by atoms with Crippen LogP contribution in [0, 0.1) is 0 Å². The van der Waals surface area contributed by atoms with Crippen molar-refractivity contribution in [3.05, 3.63) is 36.0 Å². The van der Waals surface area contributed by atoms with Crippen molar-refractivity contribution in [2.45, 2.75) is 22.9 Å². The summed E-state index contributed by atoms with van der Waals surface area (Å²) in [6, 6.07) is 2.21. The molecule has 0 atom stereocenters. The van der Waals surface area contributed by atoms with Gasteiger partial charge >= 0.3 is 16.4 Å². The molecule has 160 valence electrons. The van der Waals surface area contributed by atoms with Crippen LogP contribution in [0.1, 0.15) is 12.5 Å². The fraction of sp³-hybridized carbons (Fsp3) is 0.250. The van der Waals surface area contributed by atoms with Crippen LogP contribution >= 0.6 is 22.0 Å². The van der Waals surface area contributed by atoms with Gasteiger partial charge in [0.25, 0.3) is 0 Å². The van der Waals surface area contributed by atoms with Crippen molar-refractivity contribution >= 4 is 33.1 Å². The fourth-order valence-electron chi connectivity index (χ4n) is 2.67. The quantitative estimate of drug-likeness (QED) is 0.298. The van der Waals surface area contributed by atoms with Gasteiger partial charge in [0.1, 0.15) is 16.2 Å². The van der Waals surface area contributed by atoms with Crippen LogP contribution in [0.15, 0.2) is 40.3 Å². The molecule has 0 radical (unpaired) electrons. The van der Waals surface area contributed by atoms with E-state index in [2.05, 4.69) is 9.97 Å². The second-order valence-electron chi connectivity index (χ2n) is 6.12.